The van der Waals surface area contributed by atoms with Gasteiger partial charge in [-0.3, -0.25) is 9.59 Å². The highest BCUT2D eigenvalue weighted by Gasteiger charge is 2.20. The molecule has 0 aliphatic rings. The van der Waals surface area contributed by atoms with Gasteiger partial charge < -0.3 is 20.1 Å². The van der Waals surface area contributed by atoms with Gasteiger partial charge in [-0.05, 0) is 89.0 Å². The van der Waals surface area contributed by atoms with Crippen molar-refractivity contribution < 1.29 is 19.1 Å². The summed E-state index contributed by atoms with van der Waals surface area (Å²) < 4.78 is 12.6. The molecule has 2 N–H and O–H groups in total. The molecule has 2 amide bonds. The molecule has 0 saturated carbocycles. The van der Waals surface area contributed by atoms with Gasteiger partial charge in [0.25, 0.3) is 11.8 Å². The molecule has 0 heterocycles. The summed E-state index contributed by atoms with van der Waals surface area (Å²) in [6.07, 6.45) is -1.47. The van der Waals surface area contributed by atoms with Crippen LogP contribution in [0.5, 0.6) is 11.5 Å². The molecule has 0 fully saturated rings. The minimum atomic E-state index is -0.736. The van der Waals surface area contributed by atoms with Crippen molar-refractivity contribution in [2.24, 2.45) is 0 Å². The van der Waals surface area contributed by atoms with Crippen LogP contribution in [0.2, 0.25) is 10.0 Å². The van der Waals surface area contributed by atoms with E-state index >= 15 is 0 Å². The van der Waals surface area contributed by atoms with Crippen molar-refractivity contribution in [2.45, 2.75) is 39.0 Å². The lowest BCUT2D eigenvalue weighted by Crippen LogP contribution is -2.48. The predicted molar refractivity (Wildman–Crippen MR) is 129 cm³/mol. The number of hydrogen-bond acceptors (Lipinski definition) is 4. The number of amides is 2. The van der Waals surface area contributed by atoms with E-state index in [1.54, 1.807) is 57.2 Å². The Kier molecular flexibility index (Phi) is 9.93. The molecule has 0 aliphatic heterocycles. The Morgan fingerprint density at radius 3 is 1.77 bits per heavy atom. The van der Waals surface area contributed by atoms with Gasteiger partial charge in [0.2, 0.25) is 0 Å². The largest absolute Gasteiger partial charge is 0.480 e. The van der Waals surface area contributed by atoms with E-state index in [0.717, 1.165) is 0 Å². The molecule has 0 aliphatic carbocycles. The van der Waals surface area contributed by atoms with Crippen LogP contribution in [0.25, 0.3) is 0 Å². The number of rotatable bonds is 9. The van der Waals surface area contributed by atoms with E-state index in [9.17, 15) is 9.59 Å². The summed E-state index contributed by atoms with van der Waals surface area (Å²) in [6.45, 7) is 5.29. The number of halogens is 4. The normalized spacial score (nSPS) is 13.6. The number of carbonyl (C=O) groups is 2. The molecule has 0 saturated heterocycles. The zero-order chi connectivity index (χ0) is 23.1. The van der Waals surface area contributed by atoms with Gasteiger partial charge in [-0.25, -0.2) is 0 Å². The van der Waals surface area contributed by atoms with Gasteiger partial charge in [-0.1, -0.05) is 23.2 Å². The van der Waals surface area contributed by atoms with Crippen LogP contribution in [-0.2, 0) is 9.59 Å². The quantitative estimate of drug-likeness (QED) is 0.408. The van der Waals surface area contributed by atoms with Crippen LogP contribution < -0.4 is 20.1 Å². The van der Waals surface area contributed by atoms with Crippen LogP contribution in [0.1, 0.15) is 20.8 Å². The van der Waals surface area contributed by atoms with Gasteiger partial charge in [0.15, 0.2) is 12.2 Å². The van der Waals surface area contributed by atoms with E-state index in [0.29, 0.717) is 30.5 Å². The van der Waals surface area contributed by atoms with Gasteiger partial charge in [0.1, 0.15) is 11.5 Å². The lowest BCUT2D eigenvalue weighted by atomic mass is 10.2. The van der Waals surface area contributed by atoms with Gasteiger partial charge in [0.05, 0.1) is 8.95 Å². The maximum atomic E-state index is 12.4. The SMILES string of the molecule is CC(CNC(=O)C(C)Oc1ccc(Cl)cc1Br)NC(=O)C(C)Oc1ccc(Cl)cc1Br. The predicted octanol–water partition coefficient (Wildman–Crippen LogP) is 5.37. The molecule has 168 valence electrons. The topological polar surface area (TPSA) is 76.7 Å². The van der Waals surface area contributed by atoms with E-state index in [1.807, 2.05) is 0 Å². The van der Waals surface area contributed by atoms with Crippen LogP contribution in [0.4, 0.5) is 0 Å². The van der Waals surface area contributed by atoms with Crippen LogP contribution >= 0.6 is 55.1 Å². The number of benzene rings is 2. The summed E-state index contributed by atoms with van der Waals surface area (Å²) >= 11 is 18.5. The highest BCUT2D eigenvalue weighted by Crippen LogP contribution is 2.29. The molecule has 3 unspecified atom stereocenters. The highest BCUT2D eigenvalue weighted by atomic mass is 79.9. The maximum Gasteiger partial charge on any atom is 0.261 e. The summed E-state index contributed by atoms with van der Waals surface area (Å²) in [7, 11) is 0. The van der Waals surface area contributed by atoms with E-state index < -0.39 is 12.2 Å². The number of carbonyl (C=O) groups excluding carboxylic acids is 2. The van der Waals surface area contributed by atoms with Crippen LogP contribution in [0.3, 0.4) is 0 Å². The van der Waals surface area contributed by atoms with Gasteiger partial charge >= 0.3 is 0 Å². The Morgan fingerprint density at radius 1 is 0.871 bits per heavy atom. The lowest BCUT2D eigenvalue weighted by molar-refractivity contribution is -0.129. The smallest absolute Gasteiger partial charge is 0.261 e. The van der Waals surface area contributed by atoms with Gasteiger partial charge in [0, 0.05) is 22.6 Å². The average molecular weight is 597 g/mol. The van der Waals surface area contributed by atoms with Gasteiger partial charge in [-0.2, -0.15) is 0 Å². The summed E-state index contributed by atoms with van der Waals surface area (Å²) in [5, 5.41) is 6.68. The molecule has 0 bridgehead atoms. The Labute approximate surface area is 208 Å². The van der Waals surface area contributed by atoms with Crippen molar-refractivity contribution in [1.29, 1.82) is 0 Å². The maximum absolute atomic E-state index is 12.4. The third-order valence-corrected chi connectivity index (χ3v) is 5.81. The second-order valence-electron chi connectivity index (χ2n) is 6.82. The highest BCUT2D eigenvalue weighted by molar-refractivity contribution is 9.10. The number of hydrogen-bond donors (Lipinski definition) is 2. The molecule has 2 rings (SSSR count). The molecular formula is C21H22Br2Cl2N2O4. The number of nitrogens with one attached hydrogen (secondary N) is 2. The van der Waals surface area contributed by atoms with Crippen LogP contribution in [-0.4, -0.2) is 36.6 Å². The fourth-order valence-electron chi connectivity index (χ4n) is 2.44. The van der Waals surface area contributed by atoms with E-state index in [1.165, 1.54) is 0 Å². The molecular weight excluding hydrogens is 575 g/mol. The third kappa shape index (κ3) is 8.18. The lowest BCUT2D eigenvalue weighted by Gasteiger charge is -2.21. The Bertz CT molecular complexity index is 946. The average Bonchev–Trinajstić information content (AvgIpc) is 2.70. The summed E-state index contributed by atoms with van der Waals surface area (Å²) in [5.41, 5.74) is 0. The van der Waals surface area contributed by atoms with Gasteiger partial charge in [-0.15, -0.1) is 0 Å². The van der Waals surface area contributed by atoms with Crippen molar-refractivity contribution in [3.8, 4) is 11.5 Å². The molecule has 10 heteroatoms. The van der Waals surface area contributed by atoms with Crippen molar-refractivity contribution in [3.63, 3.8) is 0 Å². The summed E-state index contributed by atoms with van der Waals surface area (Å²) in [5.74, 6) is 0.399. The summed E-state index contributed by atoms with van der Waals surface area (Å²) in [4.78, 5) is 24.7. The number of ether oxygens (including phenoxy) is 2. The van der Waals surface area contributed by atoms with E-state index in [4.69, 9.17) is 32.7 Å². The molecule has 2 aromatic rings. The fraction of sp³-hybridized carbons (Fsp3) is 0.333. The minimum Gasteiger partial charge on any atom is -0.480 e. The Balaban J connectivity index is 1.79. The molecule has 6 nitrogen and oxygen atoms in total. The van der Waals surface area contributed by atoms with Crippen LogP contribution in [0.15, 0.2) is 45.3 Å². The molecule has 0 aromatic heterocycles. The molecule has 3 atom stereocenters. The third-order valence-electron chi connectivity index (χ3n) is 4.10. The second kappa shape index (κ2) is 11.9. The van der Waals surface area contributed by atoms with Crippen molar-refractivity contribution >= 4 is 66.9 Å². The minimum absolute atomic E-state index is 0.234. The Morgan fingerprint density at radius 2 is 1.32 bits per heavy atom. The van der Waals surface area contributed by atoms with E-state index in [-0.39, 0.29) is 24.4 Å². The zero-order valence-corrected chi connectivity index (χ0v) is 21.7. The van der Waals surface area contributed by atoms with E-state index in [2.05, 4.69) is 42.5 Å². The first-order valence-electron chi connectivity index (χ1n) is 9.38. The zero-order valence-electron chi connectivity index (χ0n) is 17.0. The molecule has 0 radical (unpaired) electrons. The second-order valence-corrected chi connectivity index (χ2v) is 9.41. The standard InChI is InChI=1S/C21H22Br2Cl2N2O4/c1-11(27-21(29)13(3)31-19-7-5-15(25)9-17(19)23)10-26-20(28)12(2)30-18-6-4-14(24)8-16(18)22/h4-9,11-13H,10H2,1-3H3,(H,26,28)(H,27,29). The molecule has 31 heavy (non-hydrogen) atoms. The van der Waals surface area contributed by atoms with Crippen LogP contribution in [0, 0.1) is 0 Å². The molecule has 0 spiro atoms. The first kappa shape index (κ1) is 25.8. The molecule has 2 aromatic carbocycles. The summed E-state index contributed by atoms with van der Waals surface area (Å²) in [6, 6.07) is 9.77. The van der Waals surface area contributed by atoms with Crippen molar-refractivity contribution in [3.05, 3.63) is 55.4 Å². The Hall–Kier alpha value is -1.48. The monoisotopic (exact) mass is 594 g/mol. The van der Waals surface area contributed by atoms with Crippen molar-refractivity contribution in [1.82, 2.24) is 10.6 Å². The van der Waals surface area contributed by atoms with Crippen molar-refractivity contribution in [2.75, 3.05) is 6.54 Å². The fourth-order valence-corrected chi connectivity index (χ4v) is 3.99. The first-order valence-corrected chi connectivity index (χ1v) is 11.7. The first-order chi connectivity index (χ1) is 14.6.